The van der Waals surface area contributed by atoms with E-state index >= 15 is 0 Å². The van der Waals surface area contributed by atoms with Gasteiger partial charge in [-0.25, -0.2) is 13.2 Å². The second-order valence-corrected chi connectivity index (χ2v) is 8.61. The second-order valence-electron chi connectivity index (χ2n) is 5.39. The average molecular weight is 332 g/mol. The van der Waals surface area contributed by atoms with E-state index in [-0.39, 0.29) is 15.8 Å². The molecule has 0 atom stereocenters. The number of carboxylic acid groups (broad SMARTS) is 1. The first-order chi connectivity index (χ1) is 9.73. The highest BCUT2D eigenvalue weighted by atomic mass is 32.2. The van der Waals surface area contributed by atoms with Gasteiger partial charge in [-0.15, -0.1) is 11.3 Å². The molecule has 0 saturated carbocycles. The van der Waals surface area contributed by atoms with E-state index in [1.165, 1.54) is 10.4 Å². The van der Waals surface area contributed by atoms with Crippen LogP contribution in [0.3, 0.4) is 0 Å². The molecule has 1 aliphatic rings. The first-order valence-electron chi connectivity index (χ1n) is 6.73. The molecule has 21 heavy (non-hydrogen) atoms. The molecule has 0 aliphatic carbocycles. The van der Waals surface area contributed by atoms with Gasteiger partial charge in [-0.05, 0) is 46.0 Å². The van der Waals surface area contributed by atoms with Gasteiger partial charge in [0.05, 0.1) is 4.90 Å². The van der Waals surface area contributed by atoms with Crippen molar-refractivity contribution in [2.75, 3.05) is 27.2 Å². The minimum atomic E-state index is -3.64. The van der Waals surface area contributed by atoms with Crippen LogP contribution in [0.25, 0.3) is 0 Å². The summed E-state index contributed by atoms with van der Waals surface area (Å²) in [6.45, 7) is 3.38. The number of piperidine rings is 1. The fourth-order valence-corrected chi connectivity index (χ4v) is 5.35. The fraction of sp³-hybridized carbons (Fsp3) is 0.615. The zero-order valence-electron chi connectivity index (χ0n) is 12.4. The Morgan fingerprint density at radius 1 is 1.43 bits per heavy atom. The molecule has 1 N–H and O–H groups in total. The van der Waals surface area contributed by atoms with E-state index < -0.39 is 16.0 Å². The SMILES string of the molecule is Cc1sc(C(=O)O)cc1S(=O)(=O)N(C)C1CCN(C)CC1. The van der Waals surface area contributed by atoms with Crippen molar-refractivity contribution in [1.29, 1.82) is 0 Å². The molecule has 8 heteroatoms. The van der Waals surface area contributed by atoms with Gasteiger partial charge in [-0.1, -0.05) is 0 Å². The third kappa shape index (κ3) is 3.28. The first-order valence-corrected chi connectivity index (χ1v) is 8.99. The van der Waals surface area contributed by atoms with Gasteiger partial charge in [0.25, 0.3) is 0 Å². The lowest BCUT2D eigenvalue weighted by atomic mass is 10.1. The minimum absolute atomic E-state index is 0.0289. The molecular formula is C13H20N2O4S2. The molecule has 2 rings (SSSR count). The molecular weight excluding hydrogens is 312 g/mol. The third-order valence-electron chi connectivity index (χ3n) is 3.94. The largest absolute Gasteiger partial charge is 0.477 e. The van der Waals surface area contributed by atoms with E-state index in [1.807, 2.05) is 7.05 Å². The number of thiophene rings is 1. The molecule has 118 valence electrons. The van der Waals surface area contributed by atoms with Crippen LogP contribution >= 0.6 is 11.3 Å². The monoisotopic (exact) mass is 332 g/mol. The van der Waals surface area contributed by atoms with Crippen molar-refractivity contribution in [3.8, 4) is 0 Å². The highest BCUT2D eigenvalue weighted by molar-refractivity contribution is 7.89. The Morgan fingerprint density at radius 2 is 2.00 bits per heavy atom. The van der Waals surface area contributed by atoms with Crippen molar-refractivity contribution in [3.05, 3.63) is 15.8 Å². The van der Waals surface area contributed by atoms with Gasteiger partial charge in [0.15, 0.2) is 0 Å². The lowest BCUT2D eigenvalue weighted by Gasteiger charge is -2.34. The zero-order valence-corrected chi connectivity index (χ0v) is 14.0. The van der Waals surface area contributed by atoms with Crippen LogP contribution in [-0.2, 0) is 10.0 Å². The fourth-order valence-electron chi connectivity index (χ4n) is 2.54. The van der Waals surface area contributed by atoms with Crippen LogP contribution in [0.1, 0.15) is 27.4 Å². The number of aryl methyl sites for hydroxylation is 1. The Kier molecular flexibility index (Phi) is 4.72. The number of aromatic carboxylic acids is 1. The predicted molar refractivity (Wildman–Crippen MR) is 81.5 cm³/mol. The number of nitrogens with zero attached hydrogens (tertiary/aromatic N) is 2. The van der Waals surface area contributed by atoms with Crippen LogP contribution in [-0.4, -0.2) is 61.9 Å². The van der Waals surface area contributed by atoms with E-state index in [0.717, 1.165) is 37.3 Å². The summed E-state index contributed by atoms with van der Waals surface area (Å²) in [4.78, 5) is 13.9. The molecule has 0 spiro atoms. The molecule has 6 nitrogen and oxygen atoms in total. The number of rotatable bonds is 4. The zero-order chi connectivity index (χ0) is 15.8. The Bertz CT molecular complexity index is 631. The highest BCUT2D eigenvalue weighted by Crippen LogP contribution is 2.30. The smallest absolute Gasteiger partial charge is 0.345 e. The molecule has 1 fully saturated rings. The van der Waals surface area contributed by atoms with E-state index in [0.29, 0.717) is 4.88 Å². The molecule has 0 aromatic carbocycles. The summed E-state index contributed by atoms with van der Waals surface area (Å²) >= 11 is 1.00. The maximum Gasteiger partial charge on any atom is 0.345 e. The summed E-state index contributed by atoms with van der Waals surface area (Å²) in [5, 5.41) is 9.00. The van der Waals surface area contributed by atoms with Gasteiger partial charge in [0, 0.05) is 18.0 Å². The van der Waals surface area contributed by atoms with Crippen LogP contribution in [0, 0.1) is 6.92 Å². The van der Waals surface area contributed by atoms with E-state index in [1.54, 1.807) is 14.0 Å². The van der Waals surface area contributed by atoms with Crippen molar-refractivity contribution in [2.45, 2.75) is 30.7 Å². The van der Waals surface area contributed by atoms with Gasteiger partial charge in [-0.2, -0.15) is 4.31 Å². The Labute approximate surface area is 129 Å². The van der Waals surface area contributed by atoms with Crippen molar-refractivity contribution in [1.82, 2.24) is 9.21 Å². The molecule has 1 aromatic rings. The van der Waals surface area contributed by atoms with Crippen molar-refractivity contribution in [3.63, 3.8) is 0 Å². The lowest BCUT2D eigenvalue weighted by Crippen LogP contribution is -2.44. The standard InChI is InChI=1S/C13H20N2O4S2/c1-9-12(8-11(20-9)13(16)17)21(18,19)15(3)10-4-6-14(2)7-5-10/h8,10H,4-7H2,1-3H3,(H,16,17). The molecule has 0 amide bonds. The average Bonchev–Trinajstić information content (AvgIpc) is 2.82. The van der Waals surface area contributed by atoms with Gasteiger partial charge in [0.2, 0.25) is 10.0 Å². The van der Waals surface area contributed by atoms with Gasteiger partial charge < -0.3 is 10.0 Å². The first kappa shape index (κ1) is 16.4. The number of sulfonamides is 1. The van der Waals surface area contributed by atoms with Crippen LogP contribution in [0.5, 0.6) is 0 Å². The molecule has 0 bridgehead atoms. The number of hydrogen-bond acceptors (Lipinski definition) is 5. The maximum atomic E-state index is 12.7. The molecule has 0 radical (unpaired) electrons. The molecule has 1 aliphatic heterocycles. The van der Waals surface area contributed by atoms with Crippen molar-refractivity contribution < 1.29 is 18.3 Å². The van der Waals surface area contributed by atoms with E-state index in [4.69, 9.17) is 5.11 Å². The minimum Gasteiger partial charge on any atom is -0.477 e. The van der Waals surface area contributed by atoms with Gasteiger partial charge in [0.1, 0.15) is 4.88 Å². The molecule has 1 aromatic heterocycles. The predicted octanol–water partition coefficient (Wildman–Crippen LogP) is 1.47. The van der Waals surface area contributed by atoms with Crippen LogP contribution in [0.4, 0.5) is 0 Å². The Morgan fingerprint density at radius 3 is 2.48 bits per heavy atom. The maximum absolute atomic E-state index is 12.7. The van der Waals surface area contributed by atoms with Crippen LogP contribution < -0.4 is 0 Å². The van der Waals surface area contributed by atoms with Gasteiger partial charge >= 0.3 is 5.97 Å². The molecule has 1 saturated heterocycles. The summed E-state index contributed by atoms with van der Waals surface area (Å²) in [5.41, 5.74) is 0. The second kappa shape index (κ2) is 6.04. The summed E-state index contributed by atoms with van der Waals surface area (Å²) in [6, 6.07) is 1.24. The number of carbonyl (C=O) groups is 1. The summed E-state index contributed by atoms with van der Waals surface area (Å²) < 4.78 is 26.8. The summed E-state index contributed by atoms with van der Waals surface area (Å²) in [7, 11) is -0.0307. The Balaban J connectivity index is 2.27. The van der Waals surface area contributed by atoms with Crippen LogP contribution in [0.15, 0.2) is 11.0 Å². The molecule has 2 heterocycles. The summed E-state index contributed by atoms with van der Waals surface area (Å²) in [6.07, 6.45) is 1.59. The highest BCUT2D eigenvalue weighted by Gasteiger charge is 2.32. The quantitative estimate of drug-likeness (QED) is 0.903. The third-order valence-corrected chi connectivity index (χ3v) is 7.15. The number of carboxylic acids is 1. The van der Waals surface area contributed by atoms with Crippen molar-refractivity contribution in [2.24, 2.45) is 0 Å². The number of hydrogen-bond donors (Lipinski definition) is 1. The Hall–Kier alpha value is -0.960. The number of likely N-dealkylation sites (tertiary alicyclic amines) is 1. The van der Waals surface area contributed by atoms with Crippen LogP contribution in [0.2, 0.25) is 0 Å². The van der Waals surface area contributed by atoms with Crippen molar-refractivity contribution >= 4 is 27.3 Å². The van der Waals surface area contributed by atoms with Gasteiger partial charge in [-0.3, -0.25) is 0 Å². The molecule has 0 unspecified atom stereocenters. The van der Waals surface area contributed by atoms with E-state index in [2.05, 4.69) is 4.90 Å². The summed E-state index contributed by atoms with van der Waals surface area (Å²) in [5.74, 6) is -1.09. The topological polar surface area (TPSA) is 77.9 Å². The normalized spacial score (nSPS) is 18.3. The lowest BCUT2D eigenvalue weighted by molar-refractivity contribution is 0.0702. The van der Waals surface area contributed by atoms with E-state index in [9.17, 15) is 13.2 Å².